The van der Waals surface area contributed by atoms with E-state index in [1.807, 2.05) is 6.92 Å². The van der Waals surface area contributed by atoms with Crippen molar-refractivity contribution in [3.8, 4) is 17.2 Å². The molecular weight excluding hydrogens is 330 g/mol. The number of hydrogen-bond acceptors (Lipinski definition) is 4. The van der Waals surface area contributed by atoms with E-state index in [0.29, 0.717) is 22.8 Å². The third-order valence-corrected chi connectivity index (χ3v) is 4.90. The van der Waals surface area contributed by atoms with Gasteiger partial charge in [-0.05, 0) is 55.0 Å². The molecule has 0 aliphatic heterocycles. The number of aryl methyl sites for hydroxylation is 2. The van der Waals surface area contributed by atoms with Crippen molar-refractivity contribution in [1.82, 2.24) is 5.32 Å². The Kier molecular flexibility index (Phi) is 5.35. The van der Waals surface area contributed by atoms with E-state index in [1.165, 1.54) is 38.9 Å². The maximum Gasteiger partial charge on any atom is 0.252 e. The predicted octanol–water partition coefficient (Wildman–Crippen LogP) is 3.69. The Morgan fingerprint density at radius 1 is 0.962 bits per heavy atom. The molecule has 0 unspecified atom stereocenters. The van der Waals surface area contributed by atoms with Crippen LogP contribution in [0.1, 0.15) is 46.4 Å². The summed E-state index contributed by atoms with van der Waals surface area (Å²) in [5, 5.41) is 3.05. The van der Waals surface area contributed by atoms with Crippen molar-refractivity contribution in [2.45, 2.75) is 32.2 Å². The van der Waals surface area contributed by atoms with Crippen molar-refractivity contribution in [3.63, 3.8) is 0 Å². The topological polar surface area (TPSA) is 56.8 Å². The summed E-state index contributed by atoms with van der Waals surface area (Å²) in [6, 6.07) is 9.72. The summed E-state index contributed by atoms with van der Waals surface area (Å²) in [6.45, 7) is 1.99. The van der Waals surface area contributed by atoms with Gasteiger partial charge < -0.3 is 19.5 Å². The largest absolute Gasteiger partial charge is 0.493 e. The van der Waals surface area contributed by atoms with Gasteiger partial charge in [0.15, 0.2) is 11.5 Å². The van der Waals surface area contributed by atoms with E-state index in [1.54, 1.807) is 12.1 Å². The first-order chi connectivity index (χ1) is 12.6. The highest BCUT2D eigenvalue weighted by Crippen LogP contribution is 2.38. The van der Waals surface area contributed by atoms with Crippen LogP contribution in [0.3, 0.4) is 0 Å². The van der Waals surface area contributed by atoms with Gasteiger partial charge in [0.2, 0.25) is 5.75 Å². The monoisotopic (exact) mass is 355 g/mol. The third-order valence-electron chi connectivity index (χ3n) is 4.90. The Morgan fingerprint density at radius 2 is 1.62 bits per heavy atom. The third kappa shape index (κ3) is 3.47. The number of carbonyl (C=O) groups is 1. The molecule has 0 heterocycles. The minimum Gasteiger partial charge on any atom is -0.493 e. The second kappa shape index (κ2) is 7.68. The van der Waals surface area contributed by atoms with E-state index >= 15 is 0 Å². The number of hydrogen-bond donors (Lipinski definition) is 1. The zero-order valence-electron chi connectivity index (χ0n) is 15.7. The lowest BCUT2D eigenvalue weighted by Crippen LogP contribution is -2.26. The summed E-state index contributed by atoms with van der Waals surface area (Å²) in [5.41, 5.74) is 4.41. The molecule has 0 fully saturated rings. The molecule has 0 saturated carbocycles. The van der Waals surface area contributed by atoms with Crippen molar-refractivity contribution in [1.29, 1.82) is 0 Å². The number of rotatable bonds is 6. The second-order valence-corrected chi connectivity index (χ2v) is 6.49. The molecule has 0 spiro atoms. The summed E-state index contributed by atoms with van der Waals surface area (Å²) >= 11 is 0. The number of amides is 1. The van der Waals surface area contributed by atoms with Gasteiger partial charge in [0, 0.05) is 5.56 Å². The molecule has 1 N–H and O–H groups in total. The Labute approximate surface area is 154 Å². The number of nitrogens with one attached hydrogen (secondary N) is 1. The molecule has 1 amide bonds. The molecular formula is C21H25NO4. The second-order valence-electron chi connectivity index (χ2n) is 6.49. The van der Waals surface area contributed by atoms with Crippen LogP contribution < -0.4 is 19.5 Å². The lowest BCUT2D eigenvalue weighted by Gasteiger charge is -2.17. The quantitative estimate of drug-likeness (QED) is 0.859. The van der Waals surface area contributed by atoms with Crippen LogP contribution in [0.5, 0.6) is 17.2 Å². The standard InChI is InChI=1S/C21H25NO4/c1-13(15-9-8-14-6-5-7-16(14)10-15)22-21(23)17-11-18(24-2)20(26-4)19(12-17)25-3/h8-13H,5-7H2,1-4H3,(H,22,23)/t13-/m0/s1. The molecule has 5 heteroatoms. The van der Waals surface area contributed by atoms with Gasteiger partial charge in [0.05, 0.1) is 27.4 Å². The lowest BCUT2D eigenvalue weighted by atomic mass is 10.0. The van der Waals surface area contributed by atoms with Gasteiger partial charge in [-0.15, -0.1) is 0 Å². The van der Waals surface area contributed by atoms with Crippen LogP contribution in [-0.2, 0) is 12.8 Å². The van der Waals surface area contributed by atoms with E-state index < -0.39 is 0 Å². The van der Waals surface area contributed by atoms with Crippen LogP contribution in [0, 0.1) is 0 Å². The molecule has 1 aliphatic carbocycles. The number of ether oxygens (including phenoxy) is 3. The van der Waals surface area contributed by atoms with Crippen LogP contribution in [-0.4, -0.2) is 27.2 Å². The highest BCUT2D eigenvalue weighted by molar-refractivity contribution is 5.95. The highest BCUT2D eigenvalue weighted by Gasteiger charge is 2.19. The first-order valence-corrected chi connectivity index (χ1v) is 8.80. The van der Waals surface area contributed by atoms with Crippen molar-refractivity contribution in [2.75, 3.05) is 21.3 Å². The molecule has 5 nitrogen and oxygen atoms in total. The van der Waals surface area contributed by atoms with E-state index in [4.69, 9.17) is 14.2 Å². The molecule has 1 atom stereocenters. The van der Waals surface area contributed by atoms with E-state index in [0.717, 1.165) is 18.4 Å². The normalized spacial score (nSPS) is 13.7. The first-order valence-electron chi connectivity index (χ1n) is 8.80. The fourth-order valence-electron chi connectivity index (χ4n) is 3.44. The summed E-state index contributed by atoms with van der Waals surface area (Å²) in [4.78, 5) is 12.7. The molecule has 138 valence electrons. The van der Waals surface area contributed by atoms with E-state index in [-0.39, 0.29) is 11.9 Å². The van der Waals surface area contributed by atoms with Crippen molar-refractivity contribution in [2.24, 2.45) is 0 Å². The van der Waals surface area contributed by atoms with Crippen LogP contribution >= 0.6 is 0 Å². The zero-order valence-corrected chi connectivity index (χ0v) is 15.7. The maximum atomic E-state index is 12.7. The number of carbonyl (C=O) groups excluding carboxylic acids is 1. The van der Waals surface area contributed by atoms with Crippen molar-refractivity contribution >= 4 is 5.91 Å². The lowest BCUT2D eigenvalue weighted by molar-refractivity contribution is 0.0939. The van der Waals surface area contributed by atoms with Gasteiger partial charge in [0.1, 0.15) is 0 Å². The van der Waals surface area contributed by atoms with Crippen LogP contribution in [0.4, 0.5) is 0 Å². The average molecular weight is 355 g/mol. The molecule has 1 aliphatic rings. The van der Waals surface area contributed by atoms with Crippen molar-refractivity contribution < 1.29 is 19.0 Å². The molecule has 26 heavy (non-hydrogen) atoms. The van der Waals surface area contributed by atoms with Gasteiger partial charge in [-0.3, -0.25) is 4.79 Å². The predicted molar refractivity (Wildman–Crippen MR) is 100 cm³/mol. The van der Waals surface area contributed by atoms with Gasteiger partial charge in [-0.1, -0.05) is 18.2 Å². The molecule has 0 saturated heterocycles. The van der Waals surface area contributed by atoms with E-state index in [9.17, 15) is 4.79 Å². The highest BCUT2D eigenvalue weighted by atomic mass is 16.5. The van der Waals surface area contributed by atoms with Crippen LogP contribution in [0.25, 0.3) is 0 Å². The summed E-state index contributed by atoms with van der Waals surface area (Å²) in [6.07, 6.45) is 3.49. The molecule has 2 aromatic rings. The number of benzene rings is 2. The summed E-state index contributed by atoms with van der Waals surface area (Å²) < 4.78 is 16.0. The van der Waals surface area contributed by atoms with Crippen LogP contribution in [0.15, 0.2) is 30.3 Å². The number of fused-ring (bicyclic) bond motifs is 1. The van der Waals surface area contributed by atoms with Gasteiger partial charge >= 0.3 is 0 Å². The maximum absolute atomic E-state index is 12.7. The van der Waals surface area contributed by atoms with Crippen molar-refractivity contribution in [3.05, 3.63) is 52.6 Å². The summed E-state index contributed by atoms with van der Waals surface area (Å²) in [7, 11) is 4.61. The molecule has 3 rings (SSSR count). The Morgan fingerprint density at radius 3 is 2.23 bits per heavy atom. The van der Waals surface area contributed by atoms with E-state index in [2.05, 4.69) is 23.5 Å². The first kappa shape index (κ1) is 18.1. The van der Waals surface area contributed by atoms with Gasteiger partial charge in [-0.25, -0.2) is 0 Å². The van der Waals surface area contributed by atoms with Crippen LogP contribution in [0.2, 0.25) is 0 Å². The average Bonchev–Trinajstić information content (AvgIpc) is 3.14. The summed E-state index contributed by atoms with van der Waals surface area (Å²) in [5.74, 6) is 1.21. The molecule has 0 aromatic heterocycles. The SMILES string of the molecule is COc1cc(C(=O)N[C@@H](C)c2ccc3c(c2)CCC3)cc(OC)c1OC. The minimum atomic E-state index is -0.183. The fraction of sp³-hybridized carbons (Fsp3) is 0.381. The molecule has 0 bridgehead atoms. The zero-order chi connectivity index (χ0) is 18.7. The Balaban J connectivity index is 1.81. The molecule has 0 radical (unpaired) electrons. The van der Waals surface area contributed by atoms with Gasteiger partial charge in [0.25, 0.3) is 5.91 Å². The smallest absolute Gasteiger partial charge is 0.252 e. The minimum absolute atomic E-state index is 0.0903. The number of methoxy groups -OCH3 is 3. The molecule has 2 aromatic carbocycles. The van der Waals surface area contributed by atoms with Gasteiger partial charge in [-0.2, -0.15) is 0 Å². The Hall–Kier alpha value is -2.69. The fourth-order valence-corrected chi connectivity index (χ4v) is 3.44. The Bertz CT molecular complexity index is 791.